The molecule has 0 saturated heterocycles. The normalized spacial score (nSPS) is 13.9. The lowest BCUT2D eigenvalue weighted by Crippen LogP contribution is -2.37. The van der Waals surface area contributed by atoms with Crippen molar-refractivity contribution in [3.8, 4) is 11.8 Å². The molecule has 0 unspecified atom stereocenters. The van der Waals surface area contributed by atoms with Crippen LogP contribution in [0.25, 0.3) is 16.6 Å². The highest BCUT2D eigenvalue weighted by Crippen LogP contribution is 2.28. The van der Waals surface area contributed by atoms with E-state index in [1.54, 1.807) is 35.4 Å². The third-order valence-corrected chi connectivity index (χ3v) is 4.72. The van der Waals surface area contributed by atoms with Crippen molar-refractivity contribution in [1.82, 2.24) is 14.9 Å². The van der Waals surface area contributed by atoms with Crippen LogP contribution in [0.1, 0.15) is 17.5 Å². The first-order chi connectivity index (χ1) is 13.3. The molecule has 6 heteroatoms. The molecule has 0 saturated carbocycles. The Hall–Kier alpha value is -3.59. The van der Waals surface area contributed by atoms with Crippen molar-refractivity contribution < 1.29 is 9.53 Å². The van der Waals surface area contributed by atoms with Crippen molar-refractivity contribution in [2.24, 2.45) is 0 Å². The van der Waals surface area contributed by atoms with Crippen LogP contribution >= 0.6 is 0 Å². The van der Waals surface area contributed by atoms with E-state index in [2.05, 4.69) is 22.1 Å². The number of fused-ring (bicyclic) bond motifs is 1. The summed E-state index contributed by atoms with van der Waals surface area (Å²) in [4.78, 5) is 21.7. The molecule has 2 aromatic heterocycles. The van der Waals surface area contributed by atoms with Crippen LogP contribution in [0.4, 0.5) is 0 Å². The smallest absolute Gasteiger partial charge is 0.260 e. The Kier molecular flexibility index (Phi) is 4.58. The van der Waals surface area contributed by atoms with Crippen molar-refractivity contribution >= 4 is 22.5 Å². The molecule has 0 aliphatic carbocycles. The molecule has 0 bridgehead atoms. The van der Waals surface area contributed by atoms with Crippen molar-refractivity contribution in [3.05, 3.63) is 66.0 Å². The first-order valence-electron chi connectivity index (χ1n) is 8.77. The maximum Gasteiger partial charge on any atom is 0.260 e. The second-order valence-electron chi connectivity index (χ2n) is 6.32. The summed E-state index contributed by atoms with van der Waals surface area (Å²) in [6.45, 7) is 1.12. The Morgan fingerprint density at radius 1 is 1.30 bits per heavy atom. The monoisotopic (exact) mass is 358 g/mol. The molecule has 0 spiro atoms. The predicted octanol–water partition coefficient (Wildman–Crippen LogP) is 3.13. The number of amides is 1. The minimum Gasteiger partial charge on any atom is -0.482 e. The Morgan fingerprint density at radius 3 is 3.00 bits per heavy atom. The van der Waals surface area contributed by atoms with Crippen LogP contribution in [0.2, 0.25) is 0 Å². The SMILES string of the molecule is N#Cc1ccccc1OCC(=O)N1CC=C(c2c[nH]c3ncccc23)CC1. The number of benzene rings is 1. The van der Waals surface area contributed by atoms with Gasteiger partial charge >= 0.3 is 0 Å². The fraction of sp³-hybridized carbons (Fsp3) is 0.190. The molecule has 0 atom stereocenters. The molecular weight excluding hydrogens is 340 g/mol. The van der Waals surface area contributed by atoms with Crippen molar-refractivity contribution in [1.29, 1.82) is 5.26 Å². The number of para-hydroxylation sites is 1. The van der Waals surface area contributed by atoms with Crippen LogP contribution in [-0.4, -0.2) is 40.5 Å². The van der Waals surface area contributed by atoms with E-state index in [0.717, 1.165) is 23.0 Å². The van der Waals surface area contributed by atoms with Crippen LogP contribution in [-0.2, 0) is 4.79 Å². The van der Waals surface area contributed by atoms with Crippen molar-refractivity contribution in [3.63, 3.8) is 0 Å². The molecular formula is C21H18N4O2. The summed E-state index contributed by atoms with van der Waals surface area (Å²) in [5.41, 5.74) is 3.66. The van der Waals surface area contributed by atoms with Gasteiger partial charge in [0.2, 0.25) is 0 Å². The number of H-pyrrole nitrogens is 1. The van der Waals surface area contributed by atoms with Gasteiger partial charge in [0.25, 0.3) is 5.91 Å². The van der Waals surface area contributed by atoms with E-state index in [4.69, 9.17) is 10.00 Å². The average Bonchev–Trinajstić information content (AvgIpc) is 3.16. The van der Waals surface area contributed by atoms with E-state index in [1.165, 1.54) is 5.57 Å². The molecule has 1 N–H and O–H groups in total. The number of nitrogens with zero attached hydrogens (tertiary/aromatic N) is 3. The molecule has 3 aromatic rings. The van der Waals surface area contributed by atoms with Crippen molar-refractivity contribution in [2.45, 2.75) is 6.42 Å². The Morgan fingerprint density at radius 2 is 2.19 bits per heavy atom. The van der Waals surface area contributed by atoms with Gasteiger partial charge in [-0.1, -0.05) is 18.2 Å². The lowest BCUT2D eigenvalue weighted by molar-refractivity contribution is -0.132. The number of hydrogen-bond donors (Lipinski definition) is 1. The molecule has 27 heavy (non-hydrogen) atoms. The number of carbonyl (C=O) groups excluding carboxylic acids is 1. The van der Waals surface area contributed by atoms with E-state index in [1.807, 2.05) is 18.3 Å². The van der Waals surface area contributed by atoms with Crippen LogP contribution in [0.3, 0.4) is 0 Å². The molecule has 1 aromatic carbocycles. The summed E-state index contributed by atoms with van der Waals surface area (Å²) < 4.78 is 5.55. The van der Waals surface area contributed by atoms with Gasteiger partial charge in [-0.05, 0) is 36.3 Å². The summed E-state index contributed by atoms with van der Waals surface area (Å²) in [5.74, 6) is 0.353. The van der Waals surface area contributed by atoms with E-state index >= 15 is 0 Å². The van der Waals surface area contributed by atoms with Gasteiger partial charge in [0, 0.05) is 36.4 Å². The fourth-order valence-corrected chi connectivity index (χ4v) is 3.28. The summed E-state index contributed by atoms with van der Waals surface area (Å²) >= 11 is 0. The van der Waals surface area contributed by atoms with Gasteiger partial charge < -0.3 is 14.6 Å². The maximum absolute atomic E-state index is 12.4. The number of hydrogen-bond acceptors (Lipinski definition) is 4. The van der Waals surface area contributed by atoms with Crippen LogP contribution in [0, 0.1) is 11.3 Å². The molecule has 6 nitrogen and oxygen atoms in total. The first kappa shape index (κ1) is 16.9. The number of nitrogens with one attached hydrogen (secondary N) is 1. The zero-order chi connectivity index (χ0) is 18.6. The molecule has 0 fully saturated rings. The van der Waals surface area contributed by atoms with E-state index in [-0.39, 0.29) is 12.5 Å². The van der Waals surface area contributed by atoms with E-state index in [9.17, 15) is 4.79 Å². The highest BCUT2D eigenvalue weighted by Gasteiger charge is 2.20. The van der Waals surface area contributed by atoms with Gasteiger partial charge in [0.1, 0.15) is 17.5 Å². The molecule has 1 amide bonds. The van der Waals surface area contributed by atoms with Gasteiger partial charge in [-0.2, -0.15) is 5.26 Å². The first-order valence-corrected chi connectivity index (χ1v) is 8.77. The zero-order valence-corrected chi connectivity index (χ0v) is 14.7. The number of carbonyl (C=O) groups is 1. The lowest BCUT2D eigenvalue weighted by Gasteiger charge is -2.26. The standard InChI is InChI=1S/C21H18N4O2/c22-12-16-4-1-2-6-19(16)27-14-20(26)25-10-7-15(8-11-25)18-13-24-21-17(18)5-3-9-23-21/h1-7,9,13H,8,10-11,14H2,(H,23,24). The number of aromatic amines is 1. The minimum absolute atomic E-state index is 0.0706. The Bertz CT molecular complexity index is 1060. The number of aromatic nitrogens is 2. The minimum atomic E-state index is -0.0846. The van der Waals surface area contributed by atoms with Crippen LogP contribution in [0.5, 0.6) is 5.75 Å². The number of ether oxygens (including phenoxy) is 1. The van der Waals surface area contributed by atoms with Crippen LogP contribution < -0.4 is 4.74 Å². The largest absolute Gasteiger partial charge is 0.482 e. The van der Waals surface area contributed by atoms with Gasteiger partial charge in [-0.15, -0.1) is 0 Å². The molecule has 4 rings (SSSR count). The van der Waals surface area contributed by atoms with Crippen LogP contribution in [0.15, 0.2) is 54.9 Å². The average molecular weight is 358 g/mol. The summed E-state index contributed by atoms with van der Waals surface area (Å²) in [7, 11) is 0. The molecule has 0 radical (unpaired) electrons. The summed E-state index contributed by atoms with van der Waals surface area (Å²) in [6.07, 6.45) is 6.61. The number of rotatable bonds is 4. The zero-order valence-electron chi connectivity index (χ0n) is 14.7. The Balaban J connectivity index is 1.41. The predicted molar refractivity (Wildman–Crippen MR) is 102 cm³/mol. The maximum atomic E-state index is 12.4. The Labute approximate surface area is 156 Å². The third kappa shape index (κ3) is 3.40. The quantitative estimate of drug-likeness (QED) is 0.777. The molecule has 134 valence electrons. The topological polar surface area (TPSA) is 82.0 Å². The summed E-state index contributed by atoms with van der Waals surface area (Å²) in [5, 5.41) is 10.2. The highest BCUT2D eigenvalue weighted by molar-refractivity contribution is 5.91. The summed E-state index contributed by atoms with van der Waals surface area (Å²) in [6, 6.07) is 13.0. The fourth-order valence-electron chi connectivity index (χ4n) is 3.28. The lowest BCUT2D eigenvalue weighted by atomic mass is 9.99. The second-order valence-corrected chi connectivity index (χ2v) is 6.32. The van der Waals surface area contributed by atoms with Gasteiger partial charge in [-0.3, -0.25) is 4.79 Å². The number of pyridine rings is 1. The molecule has 1 aliphatic rings. The van der Waals surface area contributed by atoms with Gasteiger partial charge in [0.15, 0.2) is 6.61 Å². The highest BCUT2D eigenvalue weighted by atomic mass is 16.5. The van der Waals surface area contributed by atoms with Crippen molar-refractivity contribution in [2.75, 3.05) is 19.7 Å². The second kappa shape index (κ2) is 7.34. The van der Waals surface area contributed by atoms with Gasteiger partial charge in [0.05, 0.1) is 5.56 Å². The van der Waals surface area contributed by atoms with E-state index < -0.39 is 0 Å². The third-order valence-electron chi connectivity index (χ3n) is 4.72. The number of nitriles is 1. The van der Waals surface area contributed by atoms with E-state index in [0.29, 0.717) is 24.4 Å². The van der Waals surface area contributed by atoms with Gasteiger partial charge in [-0.25, -0.2) is 4.98 Å². The molecule has 3 heterocycles. The molecule has 1 aliphatic heterocycles.